The van der Waals surface area contributed by atoms with Gasteiger partial charge in [-0.25, -0.2) is 13.2 Å². The molecule has 0 spiro atoms. The van der Waals surface area contributed by atoms with Crippen molar-refractivity contribution in [2.45, 2.75) is 6.43 Å². The van der Waals surface area contributed by atoms with Gasteiger partial charge in [0.05, 0.1) is 16.6 Å². The van der Waals surface area contributed by atoms with E-state index >= 15 is 0 Å². The standard InChI is InChI=1S/C7H3F4NO2/c8-4-2-6(12(13)14)5(9)1-3(4)7(10)11/h1-2,7H. The number of rotatable bonds is 2. The van der Waals surface area contributed by atoms with E-state index in [9.17, 15) is 27.7 Å². The Balaban J connectivity index is 3.31. The largest absolute Gasteiger partial charge is 0.307 e. The van der Waals surface area contributed by atoms with E-state index in [1.165, 1.54) is 0 Å². The van der Waals surface area contributed by atoms with Crippen molar-refractivity contribution >= 4 is 5.69 Å². The maximum absolute atomic E-state index is 12.7. The number of benzene rings is 1. The monoisotopic (exact) mass is 209 g/mol. The van der Waals surface area contributed by atoms with E-state index in [1.54, 1.807) is 0 Å². The predicted octanol–water partition coefficient (Wildman–Crippen LogP) is 2.81. The van der Waals surface area contributed by atoms with Gasteiger partial charge in [0, 0.05) is 0 Å². The van der Waals surface area contributed by atoms with Crippen LogP contribution in [0.1, 0.15) is 12.0 Å². The average molecular weight is 209 g/mol. The first-order chi connectivity index (χ1) is 6.43. The summed E-state index contributed by atoms with van der Waals surface area (Å²) in [6.07, 6.45) is -3.20. The Morgan fingerprint density at radius 3 is 2.21 bits per heavy atom. The Kier molecular flexibility index (Phi) is 2.68. The van der Waals surface area contributed by atoms with Crippen molar-refractivity contribution in [2.75, 3.05) is 0 Å². The highest BCUT2D eigenvalue weighted by Gasteiger charge is 2.22. The predicted molar refractivity (Wildman–Crippen MR) is 38.0 cm³/mol. The van der Waals surface area contributed by atoms with Crippen molar-refractivity contribution in [2.24, 2.45) is 0 Å². The molecule has 76 valence electrons. The van der Waals surface area contributed by atoms with Gasteiger partial charge in [-0.3, -0.25) is 10.1 Å². The molecular formula is C7H3F4NO2. The van der Waals surface area contributed by atoms with E-state index < -0.39 is 34.2 Å². The maximum atomic E-state index is 12.7. The molecule has 0 saturated carbocycles. The molecule has 0 fully saturated rings. The number of nitrogens with zero attached hydrogens (tertiary/aromatic N) is 1. The molecule has 3 nitrogen and oxygen atoms in total. The highest BCUT2D eigenvalue weighted by atomic mass is 19.3. The van der Waals surface area contributed by atoms with Crippen molar-refractivity contribution < 1.29 is 22.5 Å². The van der Waals surface area contributed by atoms with Crippen molar-refractivity contribution in [3.8, 4) is 0 Å². The van der Waals surface area contributed by atoms with Crippen LogP contribution < -0.4 is 0 Å². The fraction of sp³-hybridized carbons (Fsp3) is 0.143. The van der Waals surface area contributed by atoms with Crippen LogP contribution in [0.5, 0.6) is 0 Å². The van der Waals surface area contributed by atoms with Gasteiger partial charge in [-0.15, -0.1) is 0 Å². The SMILES string of the molecule is O=[N+]([O-])c1cc(F)c(C(F)F)cc1F. The first-order valence-corrected chi connectivity index (χ1v) is 3.35. The Morgan fingerprint density at radius 2 is 1.79 bits per heavy atom. The first-order valence-electron chi connectivity index (χ1n) is 3.35. The van der Waals surface area contributed by atoms with Crippen LogP contribution in [0.2, 0.25) is 0 Å². The van der Waals surface area contributed by atoms with Gasteiger partial charge >= 0.3 is 5.69 Å². The first kappa shape index (κ1) is 10.4. The van der Waals surface area contributed by atoms with Crippen LogP contribution in [-0.4, -0.2) is 4.92 Å². The molecule has 0 aliphatic rings. The van der Waals surface area contributed by atoms with Gasteiger partial charge in [0.1, 0.15) is 5.82 Å². The zero-order valence-electron chi connectivity index (χ0n) is 6.51. The van der Waals surface area contributed by atoms with E-state index in [0.717, 1.165) is 0 Å². The quantitative estimate of drug-likeness (QED) is 0.427. The molecule has 0 aliphatic heterocycles. The van der Waals surface area contributed by atoms with Crippen LogP contribution >= 0.6 is 0 Å². The Bertz CT molecular complexity index is 380. The number of halogens is 4. The second kappa shape index (κ2) is 3.60. The lowest BCUT2D eigenvalue weighted by Gasteiger charge is -2.01. The third-order valence-corrected chi connectivity index (χ3v) is 1.50. The number of hydrogen-bond donors (Lipinski definition) is 0. The average Bonchev–Trinajstić information content (AvgIpc) is 2.07. The lowest BCUT2D eigenvalue weighted by atomic mass is 10.2. The van der Waals surface area contributed by atoms with Gasteiger partial charge in [0.15, 0.2) is 0 Å². The van der Waals surface area contributed by atoms with Crippen molar-refractivity contribution in [3.63, 3.8) is 0 Å². The maximum Gasteiger partial charge on any atom is 0.307 e. The Morgan fingerprint density at radius 1 is 1.21 bits per heavy atom. The molecule has 0 bridgehead atoms. The molecule has 0 aliphatic carbocycles. The minimum Gasteiger partial charge on any atom is -0.258 e. The molecule has 1 aromatic rings. The minimum atomic E-state index is -3.20. The lowest BCUT2D eigenvalue weighted by Crippen LogP contribution is -1.98. The summed E-state index contributed by atoms with van der Waals surface area (Å²) in [6, 6.07) is 0.259. The molecule has 7 heteroatoms. The molecular weight excluding hydrogens is 206 g/mol. The zero-order valence-corrected chi connectivity index (χ0v) is 6.51. The van der Waals surface area contributed by atoms with E-state index in [1.807, 2.05) is 0 Å². The van der Waals surface area contributed by atoms with Crippen LogP contribution in [0.4, 0.5) is 23.2 Å². The number of hydrogen-bond acceptors (Lipinski definition) is 2. The summed E-state index contributed by atoms with van der Waals surface area (Å²) in [5.41, 5.74) is -2.35. The number of nitro benzene ring substituents is 1. The molecule has 0 heterocycles. The Hall–Kier alpha value is -1.66. The third kappa shape index (κ3) is 1.81. The highest BCUT2D eigenvalue weighted by molar-refractivity contribution is 5.36. The summed E-state index contributed by atoms with van der Waals surface area (Å²) in [7, 11) is 0. The minimum absolute atomic E-state index is 0.123. The van der Waals surface area contributed by atoms with E-state index in [0.29, 0.717) is 0 Å². The molecule has 0 amide bonds. The van der Waals surface area contributed by atoms with E-state index in [4.69, 9.17) is 0 Å². The van der Waals surface area contributed by atoms with Crippen LogP contribution in [0.25, 0.3) is 0 Å². The summed E-state index contributed by atoms with van der Waals surface area (Å²) >= 11 is 0. The van der Waals surface area contributed by atoms with E-state index in [2.05, 4.69) is 0 Å². The summed E-state index contributed by atoms with van der Waals surface area (Å²) in [6.45, 7) is 0. The van der Waals surface area contributed by atoms with Gasteiger partial charge in [0.2, 0.25) is 5.82 Å². The van der Waals surface area contributed by atoms with Crippen molar-refractivity contribution in [1.82, 2.24) is 0 Å². The molecule has 0 atom stereocenters. The lowest BCUT2D eigenvalue weighted by molar-refractivity contribution is -0.387. The number of nitro groups is 1. The zero-order chi connectivity index (χ0) is 10.9. The van der Waals surface area contributed by atoms with Crippen molar-refractivity contribution in [1.29, 1.82) is 0 Å². The van der Waals surface area contributed by atoms with Crippen molar-refractivity contribution in [3.05, 3.63) is 39.4 Å². The summed E-state index contributed by atoms with van der Waals surface area (Å²) in [5.74, 6) is -2.97. The molecule has 0 radical (unpaired) electrons. The third-order valence-electron chi connectivity index (χ3n) is 1.50. The number of alkyl halides is 2. The molecule has 0 N–H and O–H groups in total. The topological polar surface area (TPSA) is 43.1 Å². The van der Waals surface area contributed by atoms with E-state index in [-0.39, 0.29) is 12.1 Å². The summed E-state index contributed by atoms with van der Waals surface area (Å²) < 4.78 is 49.3. The second-order valence-corrected chi connectivity index (χ2v) is 2.38. The molecule has 0 saturated heterocycles. The highest BCUT2D eigenvalue weighted by Crippen LogP contribution is 2.27. The normalized spacial score (nSPS) is 10.6. The summed E-state index contributed by atoms with van der Waals surface area (Å²) in [5, 5.41) is 10.1. The fourth-order valence-corrected chi connectivity index (χ4v) is 0.859. The van der Waals surface area contributed by atoms with Gasteiger partial charge in [-0.05, 0) is 6.07 Å². The van der Waals surface area contributed by atoms with Crippen LogP contribution in [-0.2, 0) is 0 Å². The smallest absolute Gasteiger partial charge is 0.258 e. The summed E-state index contributed by atoms with van der Waals surface area (Å²) in [4.78, 5) is 8.88. The molecule has 1 rings (SSSR count). The fourth-order valence-electron chi connectivity index (χ4n) is 0.859. The molecule has 0 unspecified atom stereocenters. The molecule has 1 aromatic carbocycles. The van der Waals surface area contributed by atoms with Gasteiger partial charge < -0.3 is 0 Å². The molecule has 14 heavy (non-hydrogen) atoms. The Labute approximate surface area is 75.1 Å². The second-order valence-electron chi connectivity index (χ2n) is 2.38. The molecule has 0 aromatic heterocycles. The van der Waals surface area contributed by atoms with Crippen LogP contribution in [0.3, 0.4) is 0 Å². The van der Waals surface area contributed by atoms with Gasteiger partial charge in [-0.2, -0.15) is 4.39 Å². The van der Waals surface area contributed by atoms with Gasteiger partial charge in [-0.1, -0.05) is 0 Å². The van der Waals surface area contributed by atoms with Crippen LogP contribution in [0.15, 0.2) is 12.1 Å². The van der Waals surface area contributed by atoms with Crippen LogP contribution in [0, 0.1) is 21.7 Å². The van der Waals surface area contributed by atoms with Gasteiger partial charge in [0.25, 0.3) is 6.43 Å².